The van der Waals surface area contributed by atoms with Gasteiger partial charge in [-0.2, -0.15) is 8.78 Å². The van der Waals surface area contributed by atoms with Crippen LogP contribution in [0.25, 0.3) is 0 Å². The molecule has 0 atom stereocenters. The second-order valence-electron chi connectivity index (χ2n) is 5.13. The van der Waals surface area contributed by atoms with Gasteiger partial charge in [-0.25, -0.2) is 8.42 Å². The molecule has 0 fully saturated rings. The van der Waals surface area contributed by atoms with E-state index in [-0.39, 0.29) is 31.4 Å². The molecule has 0 amide bonds. The largest absolute Gasteiger partial charge is 0.743 e. The van der Waals surface area contributed by atoms with E-state index in [1.807, 2.05) is 0 Å². The number of ether oxygens (including phenoxy) is 2. The fourth-order valence-corrected chi connectivity index (χ4v) is 4.26. The second kappa shape index (κ2) is 10.2. The van der Waals surface area contributed by atoms with Crippen molar-refractivity contribution in [1.29, 1.82) is 0 Å². The van der Waals surface area contributed by atoms with E-state index < -0.39 is 33.9 Å². The van der Waals surface area contributed by atoms with E-state index in [1.54, 1.807) is 12.1 Å². The molecule has 0 unspecified atom stereocenters. The summed E-state index contributed by atoms with van der Waals surface area (Å²) in [6.45, 7) is -1.84. The standard InChI is InChI=1S/C14H13Br3F2O7S/c15-8-5-9(16)13(10(17)6-8)26-12(21)4-2-1-3-11(20)25-7-14(18,19)27(22,23)24/h5-6H,1-4,7H2,(H,22,23,24)/p-1. The fourth-order valence-electron chi connectivity index (χ4n) is 1.64. The van der Waals surface area contributed by atoms with Crippen LogP contribution in [0.5, 0.6) is 5.75 Å². The van der Waals surface area contributed by atoms with Crippen LogP contribution in [0.1, 0.15) is 25.7 Å². The van der Waals surface area contributed by atoms with Crippen molar-refractivity contribution >= 4 is 69.8 Å². The molecule has 0 N–H and O–H groups in total. The summed E-state index contributed by atoms with van der Waals surface area (Å²) in [5, 5.41) is -4.68. The maximum Gasteiger partial charge on any atom is 0.367 e. The Labute approximate surface area is 178 Å². The van der Waals surface area contributed by atoms with Crippen molar-refractivity contribution in [2.75, 3.05) is 6.61 Å². The number of hydrogen-bond donors (Lipinski definition) is 0. The van der Waals surface area contributed by atoms with E-state index in [2.05, 4.69) is 52.5 Å². The highest BCUT2D eigenvalue weighted by molar-refractivity contribution is 9.11. The van der Waals surface area contributed by atoms with E-state index in [9.17, 15) is 31.3 Å². The summed E-state index contributed by atoms with van der Waals surface area (Å²) in [5.41, 5.74) is 0. The quantitative estimate of drug-likeness (QED) is 0.181. The molecule has 7 nitrogen and oxygen atoms in total. The predicted molar refractivity (Wildman–Crippen MR) is 99.2 cm³/mol. The van der Waals surface area contributed by atoms with Crippen molar-refractivity contribution in [3.63, 3.8) is 0 Å². The zero-order valence-corrected chi connectivity index (χ0v) is 18.9. The minimum absolute atomic E-state index is 0.0483. The molecule has 0 saturated heterocycles. The van der Waals surface area contributed by atoms with E-state index in [1.165, 1.54) is 0 Å². The van der Waals surface area contributed by atoms with Crippen LogP contribution in [-0.2, 0) is 24.4 Å². The van der Waals surface area contributed by atoms with E-state index >= 15 is 0 Å². The number of benzene rings is 1. The third-order valence-electron chi connectivity index (χ3n) is 2.96. The smallest absolute Gasteiger partial charge is 0.367 e. The molecule has 27 heavy (non-hydrogen) atoms. The Kier molecular flexibility index (Phi) is 9.25. The molecule has 152 valence electrons. The monoisotopic (exact) mass is 599 g/mol. The van der Waals surface area contributed by atoms with Crippen LogP contribution in [0.3, 0.4) is 0 Å². The number of carbonyl (C=O) groups excluding carboxylic acids is 2. The van der Waals surface area contributed by atoms with E-state index in [0.29, 0.717) is 8.95 Å². The van der Waals surface area contributed by atoms with E-state index in [0.717, 1.165) is 4.47 Å². The summed E-state index contributed by atoms with van der Waals surface area (Å²) < 4.78 is 67.6. The molecule has 0 spiro atoms. The van der Waals surface area contributed by atoms with Gasteiger partial charge in [-0.3, -0.25) is 9.59 Å². The van der Waals surface area contributed by atoms with Gasteiger partial charge < -0.3 is 14.0 Å². The Morgan fingerprint density at radius 1 is 1.04 bits per heavy atom. The topological polar surface area (TPSA) is 110 Å². The van der Waals surface area contributed by atoms with Crippen molar-refractivity contribution in [3.05, 3.63) is 25.6 Å². The molecule has 1 aromatic rings. The lowest BCUT2D eigenvalue weighted by Gasteiger charge is -2.19. The third-order valence-corrected chi connectivity index (χ3v) is 5.44. The van der Waals surface area contributed by atoms with Gasteiger partial charge in [-0.05, 0) is 56.8 Å². The first-order valence-electron chi connectivity index (χ1n) is 7.17. The SMILES string of the molecule is O=C(CCCCC(=O)Oc1c(Br)cc(Br)cc1Br)OCC(F)(F)S(=O)(=O)[O-]. The van der Waals surface area contributed by atoms with Crippen molar-refractivity contribution < 1.29 is 40.8 Å². The van der Waals surface area contributed by atoms with Gasteiger partial charge in [0.2, 0.25) is 0 Å². The highest BCUT2D eigenvalue weighted by Crippen LogP contribution is 2.36. The molecule has 0 radical (unpaired) electrons. The molecular formula is C14H12Br3F2O7S-. The number of rotatable bonds is 9. The van der Waals surface area contributed by atoms with Gasteiger partial charge in [0.1, 0.15) is 0 Å². The van der Waals surface area contributed by atoms with Crippen LogP contribution in [0, 0.1) is 0 Å². The zero-order valence-electron chi connectivity index (χ0n) is 13.3. The van der Waals surface area contributed by atoms with Crippen LogP contribution in [0.15, 0.2) is 25.6 Å². The number of unbranched alkanes of at least 4 members (excludes halogenated alkanes) is 1. The molecule has 0 aliphatic heterocycles. The molecule has 1 aromatic carbocycles. The summed E-state index contributed by atoms with van der Waals surface area (Å²) in [4.78, 5) is 23.1. The average molecular weight is 602 g/mol. The average Bonchev–Trinajstić information content (AvgIpc) is 2.52. The summed E-state index contributed by atoms with van der Waals surface area (Å²) in [6, 6.07) is 3.36. The molecule has 0 aliphatic rings. The third kappa shape index (κ3) is 8.10. The van der Waals surface area contributed by atoms with Crippen molar-refractivity contribution in [1.82, 2.24) is 0 Å². The lowest BCUT2D eigenvalue weighted by atomic mass is 10.2. The van der Waals surface area contributed by atoms with Gasteiger partial charge in [0.05, 0.1) is 8.95 Å². The second-order valence-corrected chi connectivity index (χ2v) is 9.26. The number of carbonyl (C=O) groups is 2. The Morgan fingerprint density at radius 2 is 1.52 bits per heavy atom. The van der Waals surface area contributed by atoms with Gasteiger partial charge >= 0.3 is 17.2 Å². The normalized spacial score (nSPS) is 11.9. The summed E-state index contributed by atoms with van der Waals surface area (Å²) in [6.07, 6.45) is -0.0521. The first kappa shape index (κ1) is 24.4. The van der Waals surface area contributed by atoms with Gasteiger partial charge in [0.15, 0.2) is 22.5 Å². The predicted octanol–water partition coefficient (Wildman–Crippen LogP) is 4.12. The number of esters is 2. The molecule has 0 bridgehead atoms. The minimum Gasteiger partial charge on any atom is -0.743 e. The van der Waals surface area contributed by atoms with Crippen LogP contribution in [-0.4, -0.2) is 36.8 Å². The summed E-state index contributed by atoms with van der Waals surface area (Å²) in [7, 11) is -5.91. The molecule has 0 heterocycles. The van der Waals surface area contributed by atoms with Gasteiger partial charge in [0, 0.05) is 17.3 Å². The summed E-state index contributed by atoms with van der Waals surface area (Å²) in [5.74, 6) is -1.40. The fraction of sp³-hybridized carbons (Fsp3) is 0.429. The van der Waals surface area contributed by atoms with Crippen LogP contribution in [0.2, 0.25) is 0 Å². The lowest BCUT2D eigenvalue weighted by Crippen LogP contribution is -2.34. The Hall–Kier alpha value is -0.630. The highest BCUT2D eigenvalue weighted by atomic mass is 79.9. The van der Waals surface area contributed by atoms with Crippen LogP contribution in [0.4, 0.5) is 8.78 Å². The highest BCUT2D eigenvalue weighted by Gasteiger charge is 2.39. The Bertz CT molecular complexity index is 792. The molecule has 1 rings (SSSR count). The van der Waals surface area contributed by atoms with Crippen molar-refractivity contribution in [3.8, 4) is 5.75 Å². The molecule has 13 heteroatoms. The lowest BCUT2D eigenvalue weighted by molar-refractivity contribution is -0.150. The number of halogens is 5. The number of alkyl halides is 2. The first-order valence-corrected chi connectivity index (χ1v) is 11.0. The molecular weight excluding hydrogens is 590 g/mol. The van der Waals surface area contributed by atoms with E-state index in [4.69, 9.17) is 4.74 Å². The van der Waals surface area contributed by atoms with Crippen molar-refractivity contribution in [2.24, 2.45) is 0 Å². The molecule has 0 aromatic heterocycles. The first-order chi connectivity index (χ1) is 12.3. The molecule has 0 aliphatic carbocycles. The maximum atomic E-state index is 12.8. The van der Waals surface area contributed by atoms with Gasteiger partial charge in [-0.15, -0.1) is 0 Å². The zero-order chi connectivity index (χ0) is 20.8. The Morgan fingerprint density at radius 3 is 2.00 bits per heavy atom. The van der Waals surface area contributed by atoms with Crippen molar-refractivity contribution in [2.45, 2.75) is 30.9 Å². The number of hydrogen-bond acceptors (Lipinski definition) is 7. The Balaban J connectivity index is 2.36. The molecule has 0 saturated carbocycles. The van der Waals surface area contributed by atoms with Gasteiger partial charge in [-0.1, -0.05) is 15.9 Å². The van der Waals surface area contributed by atoms with Crippen LogP contribution < -0.4 is 4.74 Å². The van der Waals surface area contributed by atoms with Crippen LogP contribution >= 0.6 is 47.8 Å². The maximum absolute atomic E-state index is 12.8. The van der Waals surface area contributed by atoms with Gasteiger partial charge in [0.25, 0.3) is 0 Å². The minimum atomic E-state index is -5.91. The summed E-state index contributed by atoms with van der Waals surface area (Å²) >= 11 is 9.77.